The largest absolute Gasteiger partial charge is 0.505 e. The third-order valence-electron chi connectivity index (χ3n) is 3.01. The Labute approximate surface area is 125 Å². The molecule has 0 unspecified atom stereocenters. The van der Waals surface area contributed by atoms with E-state index in [9.17, 15) is 9.50 Å². The average molecular weight is 297 g/mol. The van der Waals surface area contributed by atoms with Crippen LogP contribution in [-0.2, 0) is 0 Å². The van der Waals surface area contributed by atoms with E-state index >= 15 is 0 Å². The molecule has 0 aliphatic carbocycles. The van der Waals surface area contributed by atoms with Gasteiger partial charge in [0.1, 0.15) is 6.61 Å². The molecule has 0 amide bonds. The van der Waals surface area contributed by atoms with Crippen LogP contribution in [0, 0.1) is 5.95 Å². The highest BCUT2D eigenvalue weighted by Crippen LogP contribution is 2.26. The molecule has 1 N–H and O–H groups in total. The Hall–Kier alpha value is -3.02. The maximum absolute atomic E-state index is 14.1. The summed E-state index contributed by atoms with van der Waals surface area (Å²) in [5, 5.41) is 10.2. The minimum Gasteiger partial charge on any atom is -0.505 e. The molecule has 0 saturated heterocycles. The number of ether oxygens (including phenoxy) is 1. The van der Waals surface area contributed by atoms with Crippen LogP contribution in [0.4, 0.5) is 4.39 Å². The summed E-state index contributed by atoms with van der Waals surface area (Å²) in [4.78, 5) is 11.8. The molecule has 0 aliphatic rings. The van der Waals surface area contributed by atoms with Crippen LogP contribution in [0.3, 0.4) is 0 Å². The van der Waals surface area contributed by atoms with E-state index in [1.54, 1.807) is 30.3 Å². The Morgan fingerprint density at radius 2 is 2.00 bits per heavy atom. The number of halogens is 1. The second-order valence-corrected chi connectivity index (χ2v) is 4.55. The van der Waals surface area contributed by atoms with Gasteiger partial charge < -0.3 is 9.84 Å². The fraction of sp³-hybridized carbons (Fsp3) is 0.0625. The van der Waals surface area contributed by atoms with E-state index in [2.05, 4.69) is 21.5 Å². The number of hydrogen-bond acceptors (Lipinski definition) is 5. The molecule has 0 radical (unpaired) electrons. The van der Waals surface area contributed by atoms with Crippen LogP contribution in [0.25, 0.3) is 22.2 Å². The summed E-state index contributed by atoms with van der Waals surface area (Å²) in [5.41, 5.74) is 0.632. The van der Waals surface area contributed by atoms with E-state index in [-0.39, 0.29) is 18.2 Å². The van der Waals surface area contributed by atoms with Crippen LogP contribution in [0.1, 0.15) is 0 Å². The minimum atomic E-state index is -0.628. The van der Waals surface area contributed by atoms with Crippen molar-refractivity contribution >= 4 is 10.8 Å². The number of hydrogen-bond donors (Lipinski definition) is 1. The van der Waals surface area contributed by atoms with E-state index < -0.39 is 5.95 Å². The highest BCUT2D eigenvalue weighted by Gasteiger charge is 2.09. The second-order valence-electron chi connectivity index (χ2n) is 4.55. The number of aromatic hydroxyl groups is 1. The van der Waals surface area contributed by atoms with Crippen molar-refractivity contribution in [3.63, 3.8) is 0 Å². The molecule has 110 valence electrons. The molecule has 3 rings (SSSR count). The van der Waals surface area contributed by atoms with Crippen LogP contribution in [-0.4, -0.2) is 26.7 Å². The Balaban J connectivity index is 2.04. The van der Waals surface area contributed by atoms with E-state index in [0.29, 0.717) is 22.2 Å². The molecular weight excluding hydrogens is 285 g/mol. The van der Waals surface area contributed by atoms with Gasteiger partial charge in [-0.15, -0.1) is 0 Å². The first-order valence-corrected chi connectivity index (χ1v) is 6.53. The first-order chi connectivity index (χ1) is 10.7. The highest BCUT2D eigenvalue weighted by atomic mass is 19.1. The van der Waals surface area contributed by atoms with Crippen LogP contribution < -0.4 is 4.74 Å². The summed E-state index contributed by atoms with van der Waals surface area (Å²) in [6.45, 7) is 3.79. The van der Waals surface area contributed by atoms with Gasteiger partial charge in [-0.1, -0.05) is 24.8 Å². The van der Waals surface area contributed by atoms with Crippen molar-refractivity contribution < 1.29 is 14.2 Å². The van der Waals surface area contributed by atoms with Gasteiger partial charge in [0, 0.05) is 17.0 Å². The Morgan fingerprint density at radius 1 is 1.23 bits per heavy atom. The van der Waals surface area contributed by atoms with Gasteiger partial charge in [0.25, 0.3) is 0 Å². The zero-order chi connectivity index (χ0) is 15.5. The highest BCUT2D eigenvalue weighted by molar-refractivity contribution is 5.87. The lowest BCUT2D eigenvalue weighted by Gasteiger charge is -2.07. The molecule has 3 aromatic rings. The molecule has 22 heavy (non-hydrogen) atoms. The summed E-state index contributed by atoms with van der Waals surface area (Å²) < 4.78 is 19.4. The predicted octanol–water partition coefficient (Wildman–Crippen LogP) is 3.10. The fourth-order valence-corrected chi connectivity index (χ4v) is 2.01. The first kappa shape index (κ1) is 13.9. The Kier molecular flexibility index (Phi) is 3.65. The summed E-state index contributed by atoms with van der Waals surface area (Å²) in [7, 11) is 0. The van der Waals surface area contributed by atoms with E-state index in [4.69, 9.17) is 4.74 Å². The molecule has 0 fully saturated rings. The van der Waals surface area contributed by atoms with Crippen LogP contribution in [0.5, 0.6) is 11.6 Å². The van der Waals surface area contributed by atoms with Gasteiger partial charge >= 0.3 is 0 Å². The van der Waals surface area contributed by atoms with Gasteiger partial charge in [-0.05, 0) is 11.5 Å². The SMILES string of the molecule is C=CCOc1cc2ccc(-c3ncc(O)cn3)cc2c(F)n1. The Bertz CT molecular complexity index is 835. The van der Waals surface area contributed by atoms with Crippen molar-refractivity contribution in [1.29, 1.82) is 0 Å². The molecule has 6 heteroatoms. The lowest BCUT2D eigenvalue weighted by atomic mass is 10.1. The number of rotatable bonds is 4. The maximum atomic E-state index is 14.1. The van der Waals surface area contributed by atoms with Gasteiger partial charge in [-0.25, -0.2) is 9.97 Å². The van der Waals surface area contributed by atoms with Crippen molar-refractivity contribution in [2.45, 2.75) is 0 Å². The topological polar surface area (TPSA) is 68.1 Å². The molecule has 0 aliphatic heterocycles. The fourth-order valence-electron chi connectivity index (χ4n) is 2.01. The van der Waals surface area contributed by atoms with Gasteiger partial charge in [-0.3, -0.25) is 0 Å². The van der Waals surface area contributed by atoms with E-state index in [0.717, 1.165) is 0 Å². The number of benzene rings is 1. The lowest BCUT2D eigenvalue weighted by Crippen LogP contribution is -1.98. The third kappa shape index (κ3) is 2.71. The molecule has 0 spiro atoms. The lowest BCUT2D eigenvalue weighted by molar-refractivity contribution is 0.343. The van der Waals surface area contributed by atoms with Crippen LogP contribution >= 0.6 is 0 Å². The van der Waals surface area contributed by atoms with Crippen molar-refractivity contribution in [1.82, 2.24) is 15.0 Å². The zero-order valence-corrected chi connectivity index (χ0v) is 11.5. The maximum Gasteiger partial charge on any atom is 0.224 e. The number of nitrogens with zero attached hydrogens (tertiary/aromatic N) is 3. The van der Waals surface area contributed by atoms with Crippen molar-refractivity contribution in [3.8, 4) is 23.0 Å². The summed E-state index contributed by atoms with van der Waals surface area (Å²) in [6, 6.07) is 6.78. The van der Waals surface area contributed by atoms with Crippen LogP contribution in [0.15, 0.2) is 49.3 Å². The van der Waals surface area contributed by atoms with Crippen molar-refractivity contribution in [3.05, 3.63) is 55.3 Å². The molecule has 0 saturated carbocycles. The van der Waals surface area contributed by atoms with Crippen molar-refractivity contribution in [2.75, 3.05) is 6.61 Å². The molecular formula is C16H12FN3O2. The van der Waals surface area contributed by atoms with E-state index in [1.807, 2.05) is 0 Å². The second kappa shape index (κ2) is 5.77. The van der Waals surface area contributed by atoms with Crippen LogP contribution in [0.2, 0.25) is 0 Å². The Morgan fingerprint density at radius 3 is 2.73 bits per heavy atom. The number of aromatic nitrogens is 3. The molecule has 0 bridgehead atoms. The van der Waals surface area contributed by atoms with Gasteiger partial charge in [0.2, 0.25) is 11.8 Å². The monoisotopic (exact) mass is 297 g/mol. The zero-order valence-electron chi connectivity index (χ0n) is 11.5. The molecule has 2 aromatic heterocycles. The average Bonchev–Trinajstić information content (AvgIpc) is 2.53. The minimum absolute atomic E-state index is 0.0265. The third-order valence-corrected chi connectivity index (χ3v) is 3.01. The quantitative estimate of drug-likeness (QED) is 0.592. The number of pyridine rings is 1. The van der Waals surface area contributed by atoms with Crippen molar-refractivity contribution in [2.24, 2.45) is 0 Å². The normalized spacial score (nSPS) is 10.6. The standard InChI is InChI=1S/C16H12FN3O2/c1-2-5-22-14-7-10-3-4-11(6-13(10)15(17)20-14)16-18-8-12(21)9-19-16/h2-4,6-9,21H,1,5H2. The summed E-state index contributed by atoms with van der Waals surface area (Å²) in [5.74, 6) is -0.0526. The predicted molar refractivity (Wildman–Crippen MR) is 80.1 cm³/mol. The molecule has 5 nitrogen and oxygen atoms in total. The van der Waals surface area contributed by atoms with Gasteiger partial charge in [0.15, 0.2) is 11.6 Å². The molecule has 0 atom stereocenters. The smallest absolute Gasteiger partial charge is 0.224 e. The molecule has 2 heterocycles. The summed E-state index contributed by atoms with van der Waals surface area (Å²) in [6.07, 6.45) is 4.13. The molecule has 1 aromatic carbocycles. The summed E-state index contributed by atoms with van der Waals surface area (Å²) >= 11 is 0. The number of fused-ring (bicyclic) bond motifs is 1. The van der Waals surface area contributed by atoms with Gasteiger partial charge in [-0.2, -0.15) is 9.37 Å². The van der Waals surface area contributed by atoms with Gasteiger partial charge in [0.05, 0.1) is 12.4 Å². The van der Waals surface area contributed by atoms with E-state index in [1.165, 1.54) is 12.4 Å². The first-order valence-electron chi connectivity index (χ1n) is 6.53.